The second-order valence-corrected chi connectivity index (χ2v) is 17.1. The van der Waals surface area contributed by atoms with Crippen molar-refractivity contribution in [2.75, 3.05) is 40.6 Å². The maximum Gasteiger partial charge on any atom is 0.337 e. The molecule has 0 aromatic rings. The highest BCUT2D eigenvalue weighted by Gasteiger charge is 2.50. The number of ether oxygens (including phenoxy) is 10. The number of carbonyl (C=O) groups excluding carboxylic acids is 4. The highest BCUT2D eigenvalue weighted by Crippen LogP contribution is 2.44. The molecule has 0 aromatic carbocycles. The highest BCUT2D eigenvalue weighted by molar-refractivity contribution is 5.91. The van der Waals surface area contributed by atoms with Crippen molar-refractivity contribution in [3.05, 3.63) is 47.0 Å². The molecular formula is C44H64O23. The average molecular weight is 961 g/mol. The molecule has 4 heterocycles. The number of hydrogen-bond acceptors (Lipinski definition) is 23. The second kappa shape index (κ2) is 24.0. The Kier molecular flexibility index (Phi) is 19.3. The van der Waals surface area contributed by atoms with Crippen molar-refractivity contribution in [2.24, 2.45) is 35.5 Å². The molecule has 0 bridgehead atoms. The van der Waals surface area contributed by atoms with Gasteiger partial charge in [0.05, 0.1) is 70.6 Å². The summed E-state index contributed by atoms with van der Waals surface area (Å²) in [5, 5.41) is 91.7. The predicted octanol–water partition coefficient (Wildman–Crippen LogP) is -2.29. The molecule has 0 radical (unpaired) electrons. The Morgan fingerprint density at radius 3 is 1.55 bits per heavy atom. The third-order valence-electron chi connectivity index (χ3n) is 13.3. The number of aliphatic hydroxyl groups excluding tert-OH is 9. The van der Waals surface area contributed by atoms with E-state index in [0.29, 0.717) is 0 Å². The molecule has 4 aliphatic heterocycles. The highest BCUT2D eigenvalue weighted by atomic mass is 16.8. The van der Waals surface area contributed by atoms with E-state index >= 15 is 0 Å². The topological polar surface area (TPSA) is 343 Å². The van der Waals surface area contributed by atoms with Gasteiger partial charge in [-0.2, -0.15) is 0 Å². The Bertz CT molecular complexity index is 1840. The molecule has 0 aromatic heterocycles. The van der Waals surface area contributed by atoms with Gasteiger partial charge in [0.1, 0.15) is 54.9 Å². The van der Waals surface area contributed by atoms with E-state index in [2.05, 4.69) is 0 Å². The van der Waals surface area contributed by atoms with Crippen LogP contribution < -0.4 is 0 Å². The van der Waals surface area contributed by atoms with E-state index in [1.807, 2.05) is 0 Å². The monoisotopic (exact) mass is 960 g/mol. The summed E-state index contributed by atoms with van der Waals surface area (Å²) in [7, 11) is 2.27. The molecular weight excluding hydrogens is 896 g/mol. The van der Waals surface area contributed by atoms with E-state index in [1.54, 1.807) is 27.7 Å². The molecule has 1 aliphatic carbocycles. The third-order valence-corrected chi connectivity index (χ3v) is 13.3. The molecule has 19 atom stereocenters. The van der Waals surface area contributed by atoms with Crippen LogP contribution in [0, 0.1) is 35.5 Å². The molecule has 0 amide bonds. The lowest BCUT2D eigenvalue weighted by atomic mass is 9.83. The molecule has 0 unspecified atom stereocenters. The summed E-state index contributed by atoms with van der Waals surface area (Å²) in [5.41, 5.74) is 0.291. The Labute approximate surface area is 386 Å². The van der Waals surface area contributed by atoms with Crippen LogP contribution in [-0.2, 0) is 66.5 Å². The van der Waals surface area contributed by atoms with Gasteiger partial charge in [0.25, 0.3) is 0 Å². The molecule has 23 nitrogen and oxygen atoms in total. The van der Waals surface area contributed by atoms with Gasteiger partial charge in [0.15, 0.2) is 12.6 Å². The average Bonchev–Trinajstić information content (AvgIpc) is 3.63. The quantitative estimate of drug-likeness (QED) is 0.0421. The van der Waals surface area contributed by atoms with Gasteiger partial charge in [-0.25, -0.2) is 9.59 Å². The van der Waals surface area contributed by atoms with Crippen LogP contribution in [0.25, 0.3) is 0 Å². The summed E-state index contributed by atoms with van der Waals surface area (Å²) in [4.78, 5) is 53.4. The van der Waals surface area contributed by atoms with Crippen molar-refractivity contribution in [1.82, 2.24) is 0 Å². The molecule has 67 heavy (non-hydrogen) atoms. The van der Waals surface area contributed by atoms with Gasteiger partial charge in [-0.05, 0) is 38.0 Å². The summed E-state index contributed by atoms with van der Waals surface area (Å²) < 4.78 is 55.7. The van der Waals surface area contributed by atoms with Gasteiger partial charge in [-0.3, -0.25) is 9.59 Å². The molecule has 0 spiro atoms. The predicted molar refractivity (Wildman–Crippen MR) is 221 cm³/mol. The minimum absolute atomic E-state index is 0.0696. The lowest BCUT2D eigenvalue weighted by Crippen LogP contribution is -2.60. The normalized spacial score (nSPS) is 39.3. The van der Waals surface area contributed by atoms with E-state index in [-0.39, 0.29) is 53.8 Å². The van der Waals surface area contributed by atoms with Crippen LogP contribution in [0.1, 0.15) is 47.0 Å². The van der Waals surface area contributed by atoms with Gasteiger partial charge < -0.3 is 93.3 Å². The van der Waals surface area contributed by atoms with Crippen LogP contribution in [0.2, 0.25) is 0 Å². The molecule has 2 saturated heterocycles. The zero-order valence-electron chi connectivity index (χ0n) is 38.0. The number of methoxy groups -OCH3 is 2. The number of hydrogen-bond donors (Lipinski definition) is 9. The number of aliphatic hydroxyl groups is 9. The van der Waals surface area contributed by atoms with E-state index < -0.39 is 154 Å². The van der Waals surface area contributed by atoms with Gasteiger partial charge in [0, 0.05) is 35.5 Å². The van der Waals surface area contributed by atoms with E-state index in [9.17, 15) is 65.1 Å². The van der Waals surface area contributed by atoms with Crippen molar-refractivity contribution in [2.45, 2.75) is 127 Å². The fraction of sp³-hybridized carbons (Fsp3) is 0.727. The van der Waals surface area contributed by atoms with Crippen molar-refractivity contribution < 1.29 is 113 Å². The summed E-state index contributed by atoms with van der Waals surface area (Å²) in [6.45, 7) is 4.89. The maximum absolute atomic E-state index is 13.9. The molecule has 5 aliphatic rings. The number of rotatable bonds is 17. The first-order valence-electron chi connectivity index (χ1n) is 22.0. The number of carbonyl (C=O) groups is 4. The Balaban J connectivity index is 1.27. The van der Waals surface area contributed by atoms with Gasteiger partial charge in [-0.15, -0.1) is 0 Å². The fourth-order valence-corrected chi connectivity index (χ4v) is 9.19. The summed E-state index contributed by atoms with van der Waals surface area (Å²) in [5.74, 6) is -6.83. The van der Waals surface area contributed by atoms with Crippen molar-refractivity contribution >= 4 is 23.9 Å². The SMILES string of the molecule is CC=C1[C@H](O[C@@H]2O[C@H](CO)[C@@H](O)[C@H](O)[C@H]2O)OC=C(C(=O)OC)[C@H]1CC(=O)OC[C@H]1[C@H](C)[C@@H](OC(=O)C[C@@H]2C(C(=O)OC)=CO[C@@H](O[C@@H]3O[C@H](CO)[C@@H](O)[C@H](O)[C@H]3O)/C2=C/C)C[C@H]1[C@@H](C)CO. The third kappa shape index (κ3) is 11.9. The Morgan fingerprint density at radius 2 is 1.15 bits per heavy atom. The van der Waals surface area contributed by atoms with E-state index in [0.717, 1.165) is 26.7 Å². The molecule has 5 rings (SSSR count). The van der Waals surface area contributed by atoms with Crippen molar-refractivity contribution in [1.29, 1.82) is 0 Å². The number of esters is 4. The minimum Gasteiger partial charge on any atom is -0.468 e. The fourth-order valence-electron chi connectivity index (χ4n) is 9.19. The summed E-state index contributed by atoms with van der Waals surface area (Å²) in [6.07, 6.45) is -15.2. The second-order valence-electron chi connectivity index (χ2n) is 17.1. The van der Waals surface area contributed by atoms with E-state index in [4.69, 9.17) is 47.4 Å². The molecule has 23 heteroatoms. The van der Waals surface area contributed by atoms with Crippen LogP contribution in [0.4, 0.5) is 0 Å². The Morgan fingerprint density at radius 1 is 0.701 bits per heavy atom. The zero-order chi connectivity index (χ0) is 49.4. The lowest BCUT2D eigenvalue weighted by Gasteiger charge is -2.42. The molecule has 378 valence electrons. The smallest absolute Gasteiger partial charge is 0.337 e. The first-order chi connectivity index (χ1) is 31.9. The largest absolute Gasteiger partial charge is 0.468 e. The van der Waals surface area contributed by atoms with Crippen molar-refractivity contribution in [3.63, 3.8) is 0 Å². The molecule has 9 N–H and O–H groups in total. The summed E-state index contributed by atoms with van der Waals surface area (Å²) >= 11 is 0. The van der Waals surface area contributed by atoms with Gasteiger partial charge in [-0.1, -0.05) is 26.0 Å². The first-order valence-corrected chi connectivity index (χ1v) is 22.0. The standard InChI is InChI=1S/C44H64O23/c1-7-20-23(26(39(56)58-5)16-61-41(20)66-43-37(54)35(52)33(50)29(13-46)64-43)10-31(48)60-15-25-19(4)28(9-22(25)18(3)12-45)63-32(49)11-24-21(8-2)42(62-17-27(24)40(57)59-6)67-44-38(55)36(53)34(51)30(14-47)65-44/h7-8,16-19,22-25,28-30,33-38,41-47,50-55H,9-15H2,1-6H3/b20-7?,21-8+/t18-,19-,22-,23-,24-,25-,28-,29+,30+,33+,34+,35-,36-,37+,38+,41-,42-,43-,44-/m0/s1. The van der Waals surface area contributed by atoms with Crippen LogP contribution in [-0.4, -0.2) is 191 Å². The maximum atomic E-state index is 13.9. The first kappa shape index (κ1) is 53.9. The molecule has 3 fully saturated rings. The van der Waals surface area contributed by atoms with Crippen LogP contribution in [0.5, 0.6) is 0 Å². The summed E-state index contributed by atoms with van der Waals surface area (Å²) in [6, 6.07) is 0. The molecule has 1 saturated carbocycles. The number of allylic oxidation sites excluding steroid dienone is 2. The van der Waals surface area contributed by atoms with Crippen LogP contribution in [0.15, 0.2) is 47.0 Å². The van der Waals surface area contributed by atoms with Crippen LogP contribution >= 0.6 is 0 Å². The van der Waals surface area contributed by atoms with Crippen LogP contribution in [0.3, 0.4) is 0 Å². The lowest BCUT2D eigenvalue weighted by molar-refractivity contribution is -0.327. The van der Waals surface area contributed by atoms with E-state index in [1.165, 1.54) is 12.2 Å². The minimum atomic E-state index is -1.78. The Hall–Kier alpha value is -4.08. The van der Waals surface area contributed by atoms with Gasteiger partial charge >= 0.3 is 23.9 Å². The van der Waals surface area contributed by atoms with Crippen molar-refractivity contribution in [3.8, 4) is 0 Å². The van der Waals surface area contributed by atoms with Gasteiger partial charge in [0.2, 0.25) is 12.6 Å². The zero-order valence-corrected chi connectivity index (χ0v) is 38.0.